The zero-order valence-corrected chi connectivity index (χ0v) is 16.2. The minimum Gasteiger partial charge on any atom is -0.464 e. The normalized spacial score (nSPS) is 18.4. The summed E-state index contributed by atoms with van der Waals surface area (Å²) in [5.41, 5.74) is 1.87. The number of esters is 1. The van der Waals surface area contributed by atoms with Crippen LogP contribution in [-0.2, 0) is 36.8 Å². The Balaban J connectivity index is 1.62. The first kappa shape index (κ1) is 20.5. The number of carbonyl (C=O) groups excluding carboxylic acids is 3. The van der Waals surface area contributed by atoms with Gasteiger partial charge in [-0.3, -0.25) is 9.59 Å². The Kier molecular flexibility index (Phi) is 6.97. The van der Waals surface area contributed by atoms with E-state index in [4.69, 9.17) is 9.47 Å². The van der Waals surface area contributed by atoms with Crippen molar-refractivity contribution in [3.63, 3.8) is 0 Å². The van der Waals surface area contributed by atoms with Crippen LogP contribution < -0.4 is 10.6 Å². The van der Waals surface area contributed by atoms with E-state index in [2.05, 4.69) is 10.6 Å². The van der Waals surface area contributed by atoms with E-state index < -0.39 is 30.1 Å². The summed E-state index contributed by atoms with van der Waals surface area (Å²) in [5, 5.41) is 5.56. The molecule has 152 valence electrons. The number of hydrogen-bond donors (Lipinski definition) is 2. The molecule has 1 aliphatic heterocycles. The third-order valence-corrected chi connectivity index (χ3v) is 4.49. The van der Waals surface area contributed by atoms with Crippen LogP contribution in [0.1, 0.15) is 18.1 Å². The minimum absolute atomic E-state index is 0.214. The van der Waals surface area contributed by atoms with Crippen LogP contribution in [0.4, 0.5) is 0 Å². The number of benzene rings is 2. The second-order valence-electron chi connectivity index (χ2n) is 6.68. The average molecular weight is 396 g/mol. The largest absolute Gasteiger partial charge is 0.464 e. The Morgan fingerprint density at radius 3 is 2.21 bits per heavy atom. The van der Waals surface area contributed by atoms with Crippen LogP contribution in [0.25, 0.3) is 0 Å². The number of ether oxygens (including phenoxy) is 2. The summed E-state index contributed by atoms with van der Waals surface area (Å²) < 4.78 is 9.99. The van der Waals surface area contributed by atoms with Crippen LogP contribution in [0.2, 0.25) is 0 Å². The summed E-state index contributed by atoms with van der Waals surface area (Å²) in [7, 11) is 0. The molecule has 1 fully saturated rings. The van der Waals surface area contributed by atoms with Crippen LogP contribution >= 0.6 is 0 Å². The Morgan fingerprint density at radius 2 is 1.59 bits per heavy atom. The van der Waals surface area contributed by atoms with Crippen LogP contribution in [0.5, 0.6) is 0 Å². The highest BCUT2D eigenvalue weighted by Gasteiger charge is 2.52. The second-order valence-corrected chi connectivity index (χ2v) is 6.68. The summed E-state index contributed by atoms with van der Waals surface area (Å²) in [6.07, 6.45) is -1.50. The molecule has 7 heteroatoms. The quantitative estimate of drug-likeness (QED) is 0.493. The van der Waals surface area contributed by atoms with Gasteiger partial charge in [0.1, 0.15) is 6.04 Å². The van der Waals surface area contributed by atoms with Gasteiger partial charge in [0, 0.05) is 13.0 Å². The Morgan fingerprint density at radius 1 is 0.966 bits per heavy atom. The monoisotopic (exact) mass is 396 g/mol. The lowest BCUT2D eigenvalue weighted by atomic mass is 10.0. The number of epoxide rings is 1. The molecule has 2 aromatic carbocycles. The predicted molar refractivity (Wildman–Crippen MR) is 106 cm³/mol. The summed E-state index contributed by atoms with van der Waals surface area (Å²) in [6, 6.07) is 18.1. The van der Waals surface area contributed by atoms with Crippen molar-refractivity contribution in [2.45, 2.75) is 38.1 Å². The van der Waals surface area contributed by atoms with Crippen molar-refractivity contribution in [3.8, 4) is 0 Å². The first-order valence-electron chi connectivity index (χ1n) is 9.56. The SMILES string of the molecule is CCOC(=O)C1OC1C(=O)N[C@@H](Cc1ccccc1)C(=O)NCc1ccccc1. The first-order valence-corrected chi connectivity index (χ1v) is 9.56. The summed E-state index contributed by atoms with van der Waals surface area (Å²) in [6.45, 7) is 2.25. The molecule has 0 spiro atoms. The maximum Gasteiger partial charge on any atom is 0.338 e. The first-order chi connectivity index (χ1) is 14.1. The van der Waals surface area contributed by atoms with Crippen molar-refractivity contribution in [2.24, 2.45) is 0 Å². The van der Waals surface area contributed by atoms with Crippen LogP contribution in [0, 0.1) is 0 Å². The number of hydrogen-bond acceptors (Lipinski definition) is 5. The van der Waals surface area contributed by atoms with E-state index in [1.54, 1.807) is 6.92 Å². The van der Waals surface area contributed by atoms with E-state index in [9.17, 15) is 14.4 Å². The predicted octanol–water partition coefficient (Wildman–Crippen LogP) is 1.36. The smallest absolute Gasteiger partial charge is 0.338 e. The second kappa shape index (κ2) is 9.84. The molecule has 0 aliphatic carbocycles. The molecule has 2 amide bonds. The molecule has 1 heterocycles. The van der Waals surface area contributed by atoms with Gasteiger partial charge in [-0.15, -0.1) is 0 Å². The molecule has 0 radical (unpaired) electrons. The molecular formula is C22H24N2O5. The lowest BCUT2D eigenvalue weighted by molar-refractivity contribution is -0.144. The molecule has 7 nitrogen and oxygen atoms in total. The maximum absolute atomic E-state index is 12.8. The van der Waals surface area contributed by atoms with E-state index in [0.29, 0.717) is 13.0 Å². The van der Waals surface area contributed by atoms with E-state index in [0.717, 1.165) is 11.1 Å². The molecule has 2 unspecified atom stereocenters. The van der Waals surface area contributed by atoms with Crippen LogP contribution in [-0.4, -0.2) is 42.6 Å². The van der Waals surface area contributed by atoms with Gasteiger partial charge in [-0.2, -0.15) is 0 Å². The van der Waals surface area contributed by atoms with Crippen molar-refractivity contribution in [3.05, 3.63) is 71.8 Å². The van der Waals surface area contributed by atoms with Crippen LogP contribution in [0.3, 0.4) is 0 Å². The molecule has 1 saturated heterocycles. The number of carbonyl (C=O) groups is 3. The fourth-order valence-corrected chi connectivity index (χ4v) is 2.94. The van der Waals surface area contributed by atoms with E-state index in [1.165, 1.54) is 0 Å². The highest BCUT2D eigenvalue weighted by atomic mass is 16.6. The molecule has 29 heavy (non-hydrogen) atoms. The van der Waals surface area contributed by atoms with Gasteiger partial charge in [-0.25, -0.2) is 4.79 Å². The molecule has 3 atom stereocenters. The molecular weight excluding hydrogens is 372 g/mol. The number of nitrogens with one attached hydrogen (secondary N) is 2. The Bertz CT molecular complexity index is 841. The lowest BCUT2D eigenvalue weighted by Gasteiger charge is -2.18. The topological polar surface area (TPSA) is 97.0 Å². The lowest BCUT2D eigenvalue weighted by Crippen LogP contribution is -2.49. The molecule has 2 N–H and O–H groups in total. The van der Waals surface area contributed by atoms with Crippen molar-refractivity contribution >= 4 is 17.8 Å². The summed E-state index contributed by atoms with van der Waals surface area (Å²) >= 11 is 0. The zero-order chi connectivity index (χ0) is 20.6. The fraction of sp³-hybridized carbons (Fsp3) is 0.318. The Labute approximate surface area is 169 Å². The summed E-state index contributed by atoms with van der Waals surface area (Å²) in [5.74, 6) is -1.38. The molecule has 0 saturated carbocycles. The molecule has 3 rings (SSSR count). The van der Waals surface area contributed by atoms with Crippen molar-refractivity contribution in [1.82, 2.24) is 10.6 Å². The third-order valence-electron chi connectivity index (χ3n) is 4.49. The van der Waals surface area contributed by atoms with Gasteiger partial charge in [0.25, 0.3) is 5.91 Å². The highest BCUT2D eigenvalue weighted by Crippen LogP contribution is 2.24. The third kappa shape index (κ3) is 5.89. The van der Waals surface area contributed by atoms with Gasteiger partial charge in [-0.1, -0.05) is 60.7 Å². The minimum atomic E-state index is -0.922. The Hall–Kier alpha value is -3.19. The van der Waals surface area contributed by atoms with Crippen molar-refractivity contribution in [1.29, 1.82) is 0 Å². The van der Waals surface area contributed by atoms with Gasteiger partial charge in [-0.05, 0) is 18.1 Å². The zero-order valence-electron chi connectivity index (χ0n) is 16.2. The molecule has 2 aromatic rings. The highest BCUT2D eigenvalue weighted by molar-refractivity contribution is 5.95. The van der Waals surface area contributed by atoms with Gasteiger partial charge in [0.05, 0.1) is 6.61 Å². The van der Waals surface area contributed by atoms with Gasteiger partial charge >= 0.3 is 5.97 Å². The van der Waals surface area contributed by atoms with Gasteiger partial charge in [0.15, 0.2) is 12.2 Å². The van der Waals surface area contributed by atoms with E-state index in [-0.39, 0.29) is 12.5 Å². The van der Waals surface area contributed by atoms with Gasteiger partial charge < -0.3 is 20.1 Å². The number of rotatable bonds is 9. The maximum atomic E-state index is 12.8. The average Bonchev–Trinajstić information content (AvgIpc) is 3.54. The summed E-state index contributed by atoms with van der Waals surface area (Å²) in [4.78, 5) is 36.9. The molecule has 1 aliphatic rings. The number of amides is 2. The van der Waals surface area contributed by atoms with Crippen LogP contribution in [0.15, 0.2) is 60.7 Å². The standard InChI is InChI=1S/C22H24N2O5/c1-2-28-22(27)19-18(29-19)21(26)24-17(13-15-9-5-3-6-10-15)20(25)23-14-16-11-7-4-8-12-16/h3-12,17-19H,2,13-14H2,1H3,(H,23,25)(H,24,26)/t17-,18?,19?/m0/s1. The fourth-order valence-electron chi connectivity index (χ4n) is 2.94. The molecule has 0 aromatic heterocycles. The van der Waals surface area contributed by atoms with Crippen molar-refractivity contribution in [2.75, 3.05) is 6.61 Å². The van der Waals surface area contributed by atoms with Crippen molar-refractivity contribution < 1.29 is 23.9 Å². The van der Waals surface area contributed by atoms with E-state index >= 15 is 0 Å². The van der Waals surface area contributed by atoms with E-state index in [1.807, 2.05) is 60.7 Å². The van der Waals surface area contributed by atoms with Gasteiger partial charge in [0.2, 0.25) is 5.91 Å². The molecule has 0 bridgehead atoms.